The molecular weight excluding hydrogens is 351 g/mol. The molecule has 124 valence electrons. The third-order valence-corrected chi connectivity index (χ3v) is 4.48. The molecule has 1 atom stereocenters. The number of hydrogen-bond acceptors (Lipinski definition) is 4. The molecule has 0 aromatic heterocycles. The van der Waals surface area contributed by atoms with E-state index in [4.69, 9.17) is 27.9 Å². The molecule has 0 saturated carbocycles. The predicted octanol–water partition coefficient (Wildman–Crippen LogP) is 3.75. The van der Waals surface area contributed by atoms with Crippen molar-refractivity contribution >= 4 is 46.4 Å². The minimum atomic E-state index is -0.664. The molecule has 0 unspecified atom stereocenters. The largest absolute Gasteiger partial charge is 0.495 e. The summed E-state index contributed by atoms with van der Waals surface area (Å²) >= 11 is 11.9. The third-order valence-electron chi connectivity index (χ3n) is 3.74. The number of imide groups is 1. The highest BCUT2D eigenvalue weighted by atomic mass is 35.5. The number of para-hydroxylation sites is 2. The fraction of sp³-hybridized carbons (Fsp3) is 0.176. The molecule has 24 heavy (non-hydrogen) atoms. The summed E-state index contributed by atoms with van der Waals surface area (Å²) in [7, 11) is 1.55. The lowest BCUT2D eigenvalue weighted by atomic mass is 10.2. The van der Waals surface area contributed by atoms with Crippen LogP contribution in [0, 0.1) is 0 Å². The standard InChI is InChI=1S/C17H14Cl2N2O3/c1-24-15-5-3-2-4-13(15)20-14-9-16(22)21(17(14)23)10-6-7-11(18)12(19)8-10/h2-8,14,20H,9H2,1H3/t14-/m0/s1. The molecule has 1 heterocycles. The molecule has 2 aromatic carbocycles. The first-order chi connectivity index (χ1) is 11.5. The number of carbonyl (C=O) groups excluding carboxylic acids is 2. The second-order valence-corrected chi connectivity index (χ2v) is 6.08. The van der Waals surface area contributed by atoms with Crippen molar-refractivity contribution in [3.05, 3.63) is 52.5 Å². The molecule has 0 bridgehead atoms. The van der Waals surface area contributed by atoms with Crippen LogP contribution in [0.15, 0.2) is 42.5 Å². The summed E-state index contributed by atoms with van der Waals surface area (Å²) in [6, 6.07) is 11.2. The van der Waals surface area contributed by atoms with Gasteiger partial charge in [0.1, 0.15) is 11.8 Å². The van der Waals surface area contributed by atoms with Gasteiger partial charge in [0, 0.05) is 0 Å². The van der Waals surface area contributed by atoms with E-state index in [0.29, 0.717) is 22.1 Å². The third kappa shape index (κ3) is 3.05. The van der Waals surface area contributed by atoms with Crippen molar-refractivity contribution in [2.75, 3.05) is 17.3 Å². The predicted molar refractivity (Wildman–Crippen MR) is 94.0 cm³/mol. The summed E-state index contributed by atoms with van der Waals surface area (Å²) < 4.78 is 5.25. The monoisotopic (exact) mass is 364 g/mol. The maximum atomic E-state index is 12.6. The van der Waals surface area contributed by atoms with Gasteiger partial charge in [-0.2, -0.15) is 0 Å². The van der Waals surface area contributed by atoms with Crippen molar-refractivity contribution in [1.29, 1.82) is 0 Å². The number of rotatable bonds is 4. The molecule has 1 N–H and O–H groups in total. The van der Waals surface area contributed by atoms with E-state index < -0.39 is 6.04 Å². The van der Waals surface area contributed by atoms with Crippen LogP contribution in [0.3, 0.4) is 0 Å². The SMILES string of the molecule is COc1ccccc1N[C@H]1CC(=O)N(c2ccc(Cl)c(Cl)c2)C1=O. The van der Waals surface area contributed by atoms with Crippen LogP contribution in [-0.2, 0) is 9.59 Å². The lowest BCUT2D eigenvalue weighted by Gasteiger charge is -2.17. The van der Waals surface area contributed by atoms with Crippen LogP contribution in [0.5, 0.6) is 5.75 Å². The minimum absolute atomic E-state index is 0.0527. The number of hydrogen-bond donors (Lipinski definition) is 1. The van der Waals surface area contributed by atoms with Gasteiger partial charge < -0.3 is 10.1 Å². The lowest BCUT2D eigenvalue weighted by molar-refractivity contribution is -0.121. The first kappa shape index (κ1) is 16.6. The molecule has 1 aliphatic rings. The maximum absolute atomic E-state index is 12.6. The van der Waals surface area contributed by atoms with Crippen LogP contribution in [0.1, 0.15) is 6.42 Å². The van der Waals surface area contributed by atoms with Gasteiger partial charge in [0.15, 0.2) is 0 Å². The number of carbonyl (C=O) groups is 2. The van der Waals surface area contributed by atoms with E-state index in [1.54, 1.807) is 31.4 Å². The van der Waals surface area contributed by atoms with E-state index >= 15 is 0 Å². The smallest absolute Gasteiger partial charge is 0.256 e. The van der Waals surface area contributed by atoms with Crippen LogP contribution in [-0.4, -0.2) is 25.0 Å². The van der Waals surface area contributed by atoms with Crippen molar-refractivity contribution in [2.24, 2.45) is 0 Å². The van der Waals surface area contributed by atoms with E-state index in [1.807, 2.05) is 12.1 Å². The Morgan fingerprint density at radius 1 is 1.12 bits per heavy atom. The zero-order chi connectivity index (χ0) is 17.3. The van der Waals surface area contributed by atoms with Crippen molar-refractivity contribution < 1.29 is 14.3 Å². The van der Waals surface area contributed by atoms with Crippen molar-refractivity contribution in [2.45, 2.75) is 12.5 Å². The Hall–Kier alpha value is -2.24. The second-order valence-electron chi connectivity index (χ2n) is 5.27. The molecule has 2 amide bonds. The molecule has 2 aromatic rings. The van der Waals surface area contributed by atoms with E-state index in [9.17, 15) is 9.59 Å². The van der Waals surface area contributed by atoms with Gasteiger partial charge in [-0.25, -0.2) is 4.90 Å². The van der Waals surface area contributed by atoms with Crippen LogP contribution in [0.25, 0.3) is 0 Å². The number of nitrogens with zero attached hydrogens (tertiary/aromatic N) is 1. The van der Waals surface area contributed by atoms with E-state index in [-0.39, 0.29) is 23.3 Å². The summed E-state index contributed by atoms with van der Waals surface area (Å²) in [5, 5.41) is 3.72. The Morgan fingerprint density at radius 3 is 2.58 bits per heavy atom. The number of halogens is 2. The van der Waals surface area contributed by atoms with Gasteiger partial charge in [-0.05, 0) is 30.3 Å². The van der Waals surface area contributed by atoms with Crippen molar-refractivity contribution in [1.82, 2.24) is 0 Å². The molecule has 0 spiro atoms. The number of anilines is 2. The summed E-state index contributed by atoms with van der Waals surface area (Å²) in [5.74, 6) is -0.0409. The van der Waals surface area contributed by atoms with Gasteiger partial charge in [0.25, 0.3) is 5.91 Å². The van der Waals surface area contributed by atoms with Crippen molar-refractivity contribution in [3.8, 4) is 5.75 Å². The first-order valence-corrected chi connectivity index (χ1v) is 7.98. The average molecular weight is 365 g/mol. The molecule has 5 nitrogen and oxygen atoms in total. The Morgan fingerprint density at radius 2 is 1.88 bits per heavy atom. The number of nitrogens with one attached hydrogen (secondary N) is 1. The highest BCUT2D eigenvalue weighted by Crippen LogP contribution is 2.32. The Balaban J connectivity index is 1.85. The summed E-state index contributed by atoms with van der Waals surface area (Å²) in [6.07, 6.45) is 0.0527. The number of methoxy groups -OCH3 is 1. The van der Waals surface area contributed by atoms with Gasteiger partial charge in [-0.15, -0.1) is 0 Å². The minimum Gasteiger partial charge on any atom is -0.495 e. The Labute approximate surface area is 149 Å². The average Bonchev–Trinajstić information content (AvgIpc) is 2.85. The normalized spacial score (nSPS) is 17.3. The van der Waals surface area contributed by atoms with Crippen LogP contribution >= 0.6 is 23.2 Å². The number of amides is 2. The number of benzene rings is 2. The zero-order valence-corrected chi connectivity index (χ0v) is 14.3. The Bertz CT molecular complexity index is 810. The number of ether oxygens (including phenoxy) is 1. The summed E-state index contributed by atoms with van der Waals surface area (Å²) in [5.41, 5.74) is 1.06. The zero-order valence-electron chi connectivity index (χ0n) is 12.8. The second kappa shape index (κ2) is 6.71. The van der Waals surface area contributed by atoms with Gasteiger partial charge in [-0.3, -0.25) is 9.59 Å². The van der Waals surface area contributed by atoms with Gasteiger partial charge in [0.05, 0.1) is 35.0 Å². The highest BCUT2D eigenvalue weighted by molar-refractivity contribution is 6.42. The molecular formula is C17H14Cl2N2O3. The fourth-order valence-corrected chi connectivity index (χ4v) is 2.88. The van der Waals surface area contributed by atoms with E-state index in [1.165, 1.54) is 6.07 Å². The summed E-state index contributed by atoms with van der Waals surface area (Å²) in [6.45, 7) is 0. The van der Waals surface area contributed by atoms with Gasteiger partial charge in [0.2, 0.25) is 5.91 Å². The maximum Gasteiger partial charge on any atom is 0.256 e. The fourth-order valence-electron chi connectivity index (χ4n) is 2.59. The summed E-state index contributed by atoms with van der Waals surface area (Å²) in [4.78, 5) is 26.1. The quantitative estimate of drug-likeness (QED) is 0.839. The first-order valence-electron chi connectivity index (χ1n) is 7.22. The molecule has 7 heteroatoms. The molecule has 1 fully saturated rings. The molecule has 0 radical (unpaired) electrons. The van der Waals surface area contributed by atoms with Gasteiger partial charge >= 0.3 is 0 Å². The Kier molecular flexibility index (Phi) is 4.64. The van der Waals surface area contributed by atoms with E-state index in [0.717, 1.165) is 4.90 Å². The van der Waals surface area contributed by atoms with Gasteiger partial charge in [-0.1, -0.05) is 35.3 Å². The van der Waals surface area contributed by atoms with E-state index in [2.05, 4.69) is 5.32 Å². The van der Waals surface area contributed by atoms with Crippen molar-refractivity contribution in [3.63, 3.8) is 0 Å². The highest BCUT2D eigenvalue weighted by Gasteiger charge is 2.40. The molecule has 1 aliphatic heterocycles. The molecule has 0 aliphatic carbocycles. The molecule has 1 saturated heterocycles. The topological polar surface area (TPSA) is 58.6 Å². The lowest BCUT2D eigenvalue weighted by Crippen LogP contribution is -2.34. The van der Waals surface area contributed by atoms with Crippen LogP contribution < -0.4 is 15.0 Å². The molecule has 3 rings (SSSR count). The van der Waals surface area contributed by atoms with Crippen LogP contribution in [0.4, 0.5) is 11.4 Å². The van der Waals surface area contributed by atoms with Crippen LogP contribution in [0.2, 0.25) is 10.0 Å².